The number of Topliss-reactive ketones (excluding diaryl/α,β-unsaturated/α-hetero) is 1. The predicted molar refractivity (Wildman–Crippen MR) is 254 cm³/mol. The molecule has 74 heavy (non-hydrogen) atoms. The minimum Gasteiger partial charge on any atom is -0.394 e. The van der Waals surface area contributed by atoms with Crippen LogP contribution in [0.15, 0.2) is 0 Å². The SMILES string of the molecule is C[C@@H]1O[C@@H](O[C@H]2[C@H](O[C@H]3CO[C@@H](O[C@H]4CC[C@]5(C)[C@H]6CC[C@]78OC[C@@]9(CCC(C)(C)C[C@H]97)C(=O)C[C@@]8(C)[C@]6(C)CC[C@H]5C4(C)C)[C@H](O[C@@H]4O[C@H](CO)[C@@H](O)[C@H](O)[C@H]4O)[C@H]3O)O[C@H](CO)[C@@H](O)[C@@H]2O)[C@H](O)[C@H](O)[C@H]1O. The smallest absolute Gasteiger partial charge is 0.187 e. The van der Waals surface area contributed by atoms with Gasteiger partial charge in [-0.2, -0.15) is 0 Å². The number of ketones is 1. The minimum atomic E-state index is -1.88. The molecule has 0 amide bonds. The topological polar surface area (TPSA) is 323 Å². The Morgan fingerprint density at radius 1 is 0.568 bits per heavy atom. The Morgan fingerprint density at radius 2 is 1.16 bits per heavy atom. The van der Waals surface area contributed by atoms with Crippen LogP contribution in [-0.4, -0.2) is 217 Å². The molecule has 1 spiro atoms. The zero-order valence-corrected chi connectivity index (χ0v) is 44.2. The molecular formula is C53H86O21. The maximum atomic E-state index is 14.7. The summed E-state index contributed by atoms with van der Waals surface area (Å²) in [5, 5.41) is 119. The van der Waals surface area contributed by atoms with Crippen LogP contribution in [0.2, 0.25) is 0 Å². The van der Waals surface area contributed by atoms with Crippen LogP contribution < -0.4 is 0 Å². The van der Waals surface area contributed by atoms with Gasteiger partial charge < -0.3 is 98.8 Å². The van der Waals surface area contributed by atoms with E-state index in [1.165, 1.54) is 6.92 Å². The molecule has 28 atom stereocenters. The third-order valence-corrected chi connectivity index (χ3v) is 22.0. The van der Waals surface area contributed by atoms with Crippen LogP contribution in [-0.2, 0) is 47.4 Å². The molecule has 5 aliphatic carbocycles. The average molecular weight is 1060 g/mol. The van der Waals surface area contributed by atoms with Crippen molar-refractivity contribution in [1.82, 2.24) is 0 Å². The molecule has 0 aromatic carbocycles. The molecule has 10 rings (SSSR count). The van der Waals surface area contributed by atoms with Crippen molar-refractivity contribution in [3.05, 3.63) is 0 Å². The Kier molecular flexibility index (Phi) is 14.8. The van der Waals surface area contributed by atoms with Gasteiger partial charge in [-0.3, -0.25) is 4.79 Å². The minimum absolute atomic E-state index is 0.134. The first kappa shape index (κ1) is 56.2. The molecule has 5 heterocycles. The summed E-state index contributed by atoms with van der Waals surface area (Å²) in [5.41, 5.74) is -1.82. The Morgan fingerprint density at radius 3 is 1.82 bits per heavy atom. The second kappa shape index (κ2) is 19.6. The van der Waals surface area contributed by atoms with Gasteiger partial charge in [-0.05, 0) is 98.2 Å². The Hall–Kier alpha value is -1.13. The van der Waals surface area contributed by atoms with Crippen LogP contribution >= 0.6 is 0 Å². The number of ether oxygens (including phenoxy) is 9. The van der Waals surface area contributed by atoms with Gasteiger partial charge in [-0.15, -0.1) is 0 Å². The number of carbonyl (C=O) groups excluding carboxylic acids is 1. The van der Waals surface area contributed by atoms with Crippen LogP contribution in [0.5, 0.6) is 0 Å². The van der Waals surface area contributed by atoms with E-state index < -0.39 is 148 Å². The molecule has 424 valence electrons. The summed E-state index contributed by atoms with van der Waals surface area (Å²) < 4.78 is 56.3. The van der Waals surface area contributed by atoms with Crippen LogP contribution in [0.1, 0.15) is 120 Å². The van der Waals surface area contributed by atoms with E-state index in [9.17, 15) is 61.0 Å². The van der Waals surface area contributed by atoms with Crippen LogP contribution in [0.3, 0.4) is 0 Å². The molecule has 21 heteroatoms. The monoisotopic (exact) mass is 1060 g/mol. The molecule has 5 saturated carbocycles. The Bertz CT molecular complexity index is 2050. The fraction of sp³-hybridized carbons (Fsp3) is 0.981. The van der Waals surface area contributed by atoms with Gasteiger partial charge in [0.15, 0.2) is 25.2 Å². The normalized spacial score (nSPS) is 56.9. The molecular weight excluding hydrogens is 973 g/mol. The van der Waals surface area contributed by atoms with E-state index in [1.54, 1.807) is 0 Å². The second-order valence-corrected chi connectivity index (χ2v) is 26.4. The highest BCUT2D eigenvalue weighted by Gasteiger charge is 2.80. The number of aliphatic hydroxyl groups excluding tert-OH is 11. The van der Waals surface area contributed by atoms with Gasteiger partial charge in [-0.25, -0.2) is 0 Å². The summed E-state index contributed by atoms with van der Waals surface area (Å²) in [5.74, 6) is 1.02. The van der Waals surface area contributed by atoms with Crippen LogP contribution in [0, 0.1) is 50.2 Å². The first-order chi connectivity index (χ1) is 34.6. The van der Waals surface area contributed by atoms with Crippen molar-refractivity contribution in [2.75, 3.05) is 26.4 Å². The third-order valence-electron chi connectivity index (χ3n) is 22.0. The van der Waals surface area contributed by atoms with E-state index in [0.29, 0.717) is 25.2 Å². The summed E-state index contributed by atoms with van der Waals surface area (Å²) in [6, 6.07) is 0. The summed E-state index contributed by atoms with van der Waals surface area (Å²) in [4.78, 5) is 14.7. The number of hydrogen-bond acceptors (Lipinski definition) is 21. The van der Waals surface area contributed by atoms with E-state index in [1.807, 2.05) is 0 Å². The summed E-state index contributed by atoms with van der Waals surface area (Å²) >= 11 is 0. The highest BCUT2D eigenvalue weighted by molar-refractivity contribution is 5.88. The van der Waals surface area contributed by atoms with Crippen molar-refractivity contribution in [2.24, 2.45) is 50.2 Å². The molecule has 10 fully saturated rings. The molecule has 0 aromatic heterocycles. The Balaban J connectivity index is 0.902. The van der Waals surface area contributed by atoms with Gasteiger partial charge in [0.2, 0.25) is 0 Å². The lowest BCUT2D eigenvalue weighted by atomic mass is 9.30. The van der Waals surface area contributed by atoms with Gasteiger partial charge >= 0.3 is 0 Å². The number of fused-ring (bicyclic) bond motifs is 4. The highest BCUT2D eigenvalue weighted by atomic mass is 16.8. The quantitative estimate of drug-likeness (QED) is 0.123. The maximum Gasteiger partial charge on any atom is 0.187 e. The highest BCUT2D eigenvalue weighted by Crippen LogP contribution is 2.80. The zero-order chi connectivity index (χ0) is 53.6. The first-order valence-electron chi connectivity index (χ1n) is 27.4. The van der Waals surface area contributed by atoms with Crippen LogP contribution in [0.4, 0.5) is 0 Å². The number of hydrogen-bond donors (Lipinski definition) is 11. The van der Waals surface area contributed by atoms with Crippen molar-refractivity contribution in [1.29, 1.82) is 0 Å². The first-order valence-corrected chi connectivity index (χ1v) is 27.4. The molecule has 0 radical (unpaired) electrons. The molecule has 11 N–H and O–H groups in total. The summed E-state index contributed by atoms with van der Waals surface area (Å²) in [6.07, 6.45) is -22.9. The zero-order valence-electron chi connectivity index (χ0n) is 44.2. The van der Waals surface area contributed by atoms with Crippen LogP contribution in [0.25, 0.3) is 0 Å². The van der Waals surface area contributed by atoms with Gasteiger partial charge in [-0.1, -0.05) is 48.5 Å². The van der Waals surface area contributed by atoms with Gasteiger partial charge in [0, 0.05) is 17.8 Å². The standard InChI is InChI=1S/C53H86O21/c1-23-32(57)36(61)39(64)43(68-23)74-42-38(63)34(59)25(20-55)70-46(42)71-26-21-66-45(41(35(26)60)73-44-40(65)37(62)33(58)24(19-54)69-44)72-31-11-12-49(6)27(48(31,4)5)9-13-50(7)28(49)10-14-53-29-17-47(2,3)15-16-52(29,22-67-53)30(56)18-51(50,53)8/h23-29,31-46,54-55,57-65H,9-22H2,1-8H3/t23-,24+,25+,26-,27-,28+,29+,31-,32-,33+,34+,35-,36+,37-,38-,39+,40+,41+,42+,43-,44-,45-,46-,49-,50+,51-,52+,53-/m0/s1. The number of carbonyl (C=O) groups is 1. The third kappa shape index (κ3) is 8.32. The number of aliphatic hydroxyl groups is 11. The fourth-order valence-corrected chi connectivity index (χ4v) is 17.4. The van der Waals surface area contributed by atoms with Crippen molar-refractivity contribution < 1.29 is 104 Å². The molecule has 2 bridgehead atoms. The lowest BCUT2D eigenvalue weighted by Gasteiger charge is -2.74. The molecule has 0 unspecified atom stereocenters. The molecule has 10 aliphatic rings. The van der Waals surface area contributed by atoms with E-state index >= 15 is 0 Å². The van der Waals surface area contributed by atoms with E-state index in [0.717, 1.165) is 51.4 Å². The summed E-state index contributed by atoms with van der Waals surface area (Å²) in [7, 11) is 0. The van der Waals surface area contributed by atoms with Crippen molar-refractivity contribution in [2.45, 2.75) is 248 Å². The second-order valence-electron chi connectivity index (χ2n) is 26.4. The maximum absolute atomic E-state index is 14.7. The lowest BCUT2D eigenvalue weighted by Crippen LogP contribution is -2.73. The van der Waals surface area contributed by atoms with Gasteiger partial charge in [0.05, 0.1) is 49.7 Å². The number of rotatable bonds is 10. The van der Waals surface area contributed by atoms with Crippen molar-refractivity contribution in [3.8, 4) is 0 Å². The van der Waals surface area contributed by atoms with E-state index in [4.69, 9.17) is 42.6 Å². The van der Waals surface area contributed by atoms with E-state index in [-0.39, 0.29) is 50.4 Å². The molecule has 21 nitrogen and oxygen atoms in total. The van der Waals surface area contributed by atoms with Gasteiger partial charge in [0.25, 0.3) is 0 Å². The fourth-order valence-electron chi connectivity index (χ4n) is 17.4. The lowest BCUT2D eigenvalue weighted by molar-refractivity contribution is -0.394. The van der Waals surface area contributed by atoms with Crippen molar-refractivity contribution in [3.63, 3.8) is 0 Å². The van der Waals surface area contributed by atoms with Gasteiger partial charge in [0.1, 0.15) is 91.2 Å². The molecule has 5 aliphatic heterocycles. The average Bonchev–Trinajstić information content (AvgIpc) is 3.63. The molecule has 0 aromatic rings. The van der Waals surface area contributed by atoms with Crippen molar-refractivity contribution >= 4 is 5.78 Å². The molecule has 5 saturated heterocycles. The summed E-state index contributed by atoms with van der Waals surface area (Å²) in [6.45, 7) is 16.3. The predicted octanol–water partition coefficient (Wildman–Crippen LogP) is -0.476. The van der Waals surface area contributed by atoms with E-state index in [2.05, 4.69) is 48.5 Å². The Labute approximate surface area is 433 Å². The largest absolute Gasteiger partial charge is 0.394 e.